The van der Waals surface area contributed by atoms with E-state index in [-0.39, 0.29) is 29.4 Å². The van der Waals surface area contributed by atoms with Gasteiger partial charge in [0.2, 0.25) is 10.0 Å². The minimum Gasteiger partial charge on any atom is -0.368 e. The number of nitrogens with one attached hydrogen (secondary N) is 2. The second-order valence-corrected chi connectivity index (χ2v) is 9.49. The quantitative estimate of drug-likeness (QED) is 0.605. The van der Waals surface area contributed by atoms with Crippen molar-refractivity contribution in [2.45, 2.75) is 37.3 Å². The number of carbonyl (C=O) groups excluding carboxylic acids is 1. The predicted octanol–water partition coefficient (Wildman–Crippen LogP) is 3.43. The summed E-state index contributed by atoms with van der Waals surface area (Å²) in [5.74, 6) is -0.182. The van der Waals surface area contributed by atoms with Crippen molar-refractivity contribution in [3.05, 3.63) is 53.2 Å². The summed E-state index contributed by atoms with van der Waals surface area (Å²) < 4.78 is 64.9. The lowest BCUT2D eigenvalue weighted by Crippen LogP contribution is -2.36. The number of nitrogens with zero attached hydrogens (tertiary/aromatic N) is 2. The van der Waals surface area contributed by atoms with Crippen LogP contribution in [-0.4, -0.2) is 49.8 Å². The van der Waals surface area contributed by atoms with Crippen molar-refractivity contribution in [1.29, 1.82) is 0 Å². The zero-order valence-corrected chi connectivity index (χ0v) is 18.4. The van der Waals surface area contributed by atoms with Crippen LogP contribution in [0.25, 0.3) is 0 Å². The normalized spacial score (nSPS) is 15.4. The van der Waals surface area contributed by atoms with E-state index < -0.39 is 27.7 Å². The van der Waals surface area contributed by atoms with E-state index in [1.807, 2.05) is 0 Å². The highest BCUT2D eigenvalue weighted by Crippen LogP contribution is 2.28. The topological polar surface area (TPSA) is 91.4 Å². The van der Waals surface area contributed by atoms with Gasteiger partial charge < -0.3 is 10.6 Å². The molecule has 0 spiro atoms. The van der Waals surface area contributed by atoms with E-state index in [1.165, 1.54) is 22.5 Å². The number of hydrogen-bond donors (Lipinski definition) is 2. The van der Waals surface area contributed by atoms with Crippen LogP contribution in [0.5, 0.6) is 0 Å². The lowest BCUT2D eigenvalue weighted by Gasteiger charge is -2.26. The third-order valence-corrected chi connectivity index (χ3v) is 7.11. The van der Waals surface area contributed by atoms with Crippen LogP contribution in [-0.2, 0) is 16.2 Å². The highest BCUT2D eigenvalue weighted by Gasteiger charge is 2.30. The molecule has 2 heterocycles. The Bertz CT molecular complexity index is 1050. The Morgan fingerprint density at radius 1 is 1.09 bits per heavy atom. The molecule has 2 N–H and O–H groups in total. The zero-order valence-electron chi connectivity index (χ0n) is 17.6. The van der Waals surface area contributed by atoms with Crippen molar-refractivity contribution in [2.24, 2.45) is 0 Å². The Balaban J connectivity index is 1.58. The van der Waals surface area contributed by atoms with Gasteiger partial charge >= 0.3 is 6.18 Å². The molecule has 1 fully saturated rings. The average Bonchev–Trinajstić information content (AvgIpc) is 2.77. The number of carbonyl (C=O) groups is 1. The molecular formula is C21H25F3N4O3S. The second-order valence-electron chi connectivity index (χ2n) is 7.55. The molecule has 1 aromatic heterocycles. The lowest BCUT2D eigenvalue weighted by atomic mass is 10.1. The van der Waals surface area contributed by atoms with Crippen LogP contribution in [0, 0.1) is 6.92 Å². The summed E-state index contributed by atoms with van der Waals surface area (Å²) in [6.07, 6.45) is -1.08. The van der Waals surface area contributed by atoms with Gasteiger partial charge in [0, 0.05) is 37.9 Å². The molecule has 2 aromatic rings. The van der Waals surface area contributed by atoms with Gasteiger partial charge in [-0.15, -0.1) is 0 Å². The molecule has 3 rings (SSSR count). The number of alkyl halides is 3. The van der Waals surface area contributed by atoms with E-state index in [0.717, 1.165) is 31.5 Å². The summed E-state index contributed by atoms with van der Waals surface area (Å²) in [6, 6.07) is 6.64. The van der Waals surface area contributed by atoms with Crippen LogP contribution in [0.3, 0.4) is 0 Å². The molecule has 174 valence electrons. The number of halogens is 3. The highest BCUT2D eigenvalue weighted by molar-refractivity contribution is 7.89. The molecule has 0 saturated carbocycles. The van der Waals surface area contributed by atoms with Crippen molar-refractivity contribution in [3.63, 3.8) is 0 Å². The van der Waals surface area contributed by atoms with E-state index in [9.17, 15) is 26.4 Å². The number of aryl methyl sites for hydroxylation is 1. The molecule has 0 unspecified atom stereocenters. The number of amides is 1. The average molecular weight is 471 g/mol. The molecule has 11 heteroatoms. The monoisotopic (exact) mass is 470 g/mol. The van der Waals surface area contributed by atoms with E-state index in [4.69, 9.17) is 0 Å². The minimum absolute atomic E-state index is 0.0854. The van der Waals surface area contributed by atoms with E-state index in [1.54, 1.807) is 13.0 Å². The van der Waals surface area contributed by atoms with Gasteiger partial charge in [-0.1, -0.05) is 12.5 Å². The lowest BCUT2D eigenvalue weighted by molar-refractivity contribution is -0.137. The van der Waals surface area contributed by atoms with Gasteiger partial charge in [0.25, 0.3) is 5.91 Å². The summed E-state index contributed by atoms with van der Waals surface area (Å²) in [4.78, 5) is 16.4. The first kappa shape index (κ1) is 24.0. The van der Waals surface area contributed by atoms with Gasteiger partial charge in [0.1, 0.15) is 5.82 Å². The van der Waals surface area contributed by atoms with Crippen LogP contribution >= 0.6 is 0 Å². The Kier molecular flexibility index (Phi) is 7.40. The largest absolute Gasteiger partial charge is 0.417 e. The number of piperidine rings is 1. The SMILES string of the molecule is Cc1ccc(S(=O)(=O)N2CCCCC2)cc1C(=O)NCCNc1ccc(C(F)(F)F)cn1. The first-order valence-electron chi connectivity index (χ1n) is 10.2. The van der Waals surface area contributed by atoms with Crippen molar-refractivity contribution >= 4 is 21.7 Å². The molecule has 1 aliphatic rings. The van der Waals surface area contributed by atoms with Crippen LogP contribution in [0.4, 0.5) is 19.0 Å². The second kappa shape index (κ2) is 9.86. The minimum atomic E-state index is -4.45. The highest BCUT2D eigenvalue weighted by atomic mass is 32.2. The number of rotatable bonds is 7. The summed E-state index contributed by atoms with van der Waals surface area (Å²) in [5, 5.41) is 5.51. The smallest absolute Gasteiger partial charge is 0.368 e. The first-order chi connectivity index (χ1) is 15.1. The molecule has 1 amide bonds. The number of anilines is 1. The third-order valence-electron chi connectivity index (χ3n) is 5.21. The maximum absolute atomic E-state index is 12.9. The Morgan fingerprint density at radius 2 is 1.81 bits per heavy atom. The Hall–Kier alpha value is -2.66. The van der Waals surface area contributed by atoms with Crippen molar-refractivity contribution in [1.82, 2.24) is 14.6 Å². The van der Waals surface area contributed by atoms with Gasteiger partial charge in [0.05, 0.1) is 10.5 Å². The van der Waals surface area contributed by atoms with Gasteiger partial charge in [-0.25, -0.2) is 13.4 Å². The number of pyridine rings is 1. The number of sulfonamides is 1. The summed E-state index contributed by atoms with van der Waals surface area (Å²) in [7, 11) is -3.66. The summed E-state index contributed by atoms with van der Waals surface area (Å²) in [5.41, 5.74) is 0.0550. The van der Waals surface area contributed by atoms with E-state index >= 15 is 0 Å². The van der Waals surface area contributed by atoms with Crippen molar-refractivity contribution in [3.8, 4) is 0 Å². The fraction of sp³-hybridized carbons (Fsp3) is 0.429. The predicted molar refractivity (Wildman–Crippen MR) is 114 cm³/mol. The van der Waals surface area contributed by atoms with Crippen LogP contribution in [0.15, 0.2) is 41.4 Å². The van der Waals surface area contributed by atoms with Crippen LogP contribution in [0.1, 0.15) is 40.7 Å². The molecule has 1 aliphatic heterocycles. The van der Waals surface area contributed by atoms with Crippen molar-refractivity contribution < 1.29 is 26.4 Å². The third kappa shape index (κ3) is 5.77. The van der Waals surface area contributed by atoms with Crippen molar-refractivity contribution in [2.75, 3.05) is 31.5 Å². The molecule has 0 atom stereocenters. The Morgan fingerprint density at radius 3 is 2.44 bits per heavy atom. The number of hydrogen-bond acceptors (Lipinski definition) is 5. The fourth-order valence-corrected chi connectivity index (χ4v) is 4.93. The van der Waals surface area contributed by atoms with E-state index in [0.29, 0.717) is 18.7 Å². The molecule has 1 aromatic carbocycles. The molecule has 7 nitrogen and oxygen atoms in total. The van der Waals surface area contributed by atoms with Gasteiger partial charge in [0.15, 0.2) is 0 Å². The molecule has 0 aliphatic carbocycles. The van der Waals surface area contributed by atoms with Crippen LogP contribution in [0.2, 0.25) is 0 Å². The van der Waals surface area contributed by atoms with Crippen LogP contribution < -0.4 is 10.6 Å². The zero-order chi connectivity index (χ0) is 23.4. The number of benzene rings is 1. The first-order valence-corrected chi connectivity index (χ1v) is 11.7. The Labute approximate surface area is 185 Å². The van der Waals surface area contributed by atoms with Gasteiger partial charge in [-0.2, -0.15) is 17.5 Å². The molecular weight excluding hydrogens is 445 g/mol. The summed E-state index contributed by atoms with van der Waals surface area (Å²) >= 11 is 0. The standard InChI is InChI=1S/C21H25F3N4O3S/c1-15-5-7-17(32(30,31)28-11-3-2-4-12-28)13-18(15)20(29)26-10-9-25-19-8-6-16(14-27-19)21(22,23)24/h5-8,13-14H,2-4,9-12H2,1H3,(H,25,27)(H,26,29). The summed E-state index contributed by atoms with van der Waals surface area (Å²) in [6.45, 7) is 3.07. The molecule has 0 bridgehead atoms. The fourth-order valence-electron chi connectivity index (χ4n) is 3.39. The number of aromatic nitrogens is 1. The maximum atomic E-state index is 12.9. The molecule has 32 heavy (non-hydrogen) atoms. The van der Waals surface area contributed by atoms with Gasteiger partial charge in [-0.3, -0.25) is 4.79 Å². The molecule has 0 radical (unpaired) electrons. The maximum Gasteiger partial charge on any atom is 0.417 e. The molecule has 1 saturated heterocycles. The van der Waals surface area contributed by atoms with Gasteiger partial charge in [-0.05, 0) is 49.6 Å². The van der Waals surface area contributed by atoms with E-state index in [2.05, 4.69) is 15.6 Å².